The van der Waals surface area contributed by atoms with E-state index in [1.807, 2.05) is 0 Å². The van der Waals surface area contributed by atoms with Crippen molar-refractivity contribution >= 4 is 0 Å². The molecule has 3 atom stereocenters. The molecule has 0 aliphatic heterocycles. The zero-order valence-electron chi connectivity index (χ0n) is 7.64. The van der Waals surface area contributed by atoms with Crippen molar-refractivity contribution in [2.75, 3.05) is 6.54 Å². The Bertz CT molecular complexity index is 160. The molecule has 0 amide bonds. The molecule has 0 radical (unpaired) electrons. The summed E-state index contributed by atoms with van der Waals surface area (Å²) in [6, 6.07) is 0. The van der Waals surface area contributed by atoms with E-state index in [1.54, 1.807) is 0 Å². The van der Waals surface area contributed by atoms with E-state index in [9.17, 15) is 0 Å². The fraction of sp³-hybridized carbons (Fsp3) is 1.00. The summed E-state index contributed by atoms with van der Waals surface area (Å²) >= 11 is 0. The second-order valence-corrected chi connectivity index (χ2v) is 4.93. The molecule has 11 heavy (non-hydrogen) atoms. The zero-order valence-corrected chi connectivity index (χ0v) is 7.64. The van der Waals surface area contributed by atoms with Gasteiger partial charge in [-0.25, -0.2) is 0 Å². The third-order valence-electron chi connectivity index (χ3n) is 4.30. The van der Waals surface area contributed by atoms with Crippen LogP contribution in [0.1, 0.15) is 33.1 Å². The summed E-state index contributed by atoms with van der Waals surface area (Å²) in [7, 11) is 0. The number of hydrogen-bond acceptors (Lipinski definition) is 1. The molecule has 64 valence electrons. The average molecular weight is 153 g/mol. The minimum atomic E-state index is 0.627. The van der Waals surface area contributed by atoms with Crippen LogP contribution in [-0.4, -0.2) is 6.54 Å². The Hall–Kier alpha value is -0.0400. The molecular weight excluding hydrogens is 134 g/mol. The number of fused-ring (bicyclic) bond motifs is 2. The van der Waals surface area contributed by atoms with Crippen molar-refractivity contribution in [2.45, 2.75) is 33.1 Å². The van der Waals surface area contributed by atoms with Gasteiger partial charge in [-0.05, 0) is 49.0 Å². The highest BCUT2D eigenvalue weighted by molar-refractivity contribution is 5.03. The third kappa shape index (κ3) is 0.868. The Kier molecular flexibility index (Phi) is 1.54. The third-order valence-corrected chi connectivity index (χ3v) is 4.30. The summed E-state index contributed by atoms with van der Waals surface area (Å²) in [6.45, 7) is 5.77. The van der Waals surface area contributed by atoms with Crippen molar-refractivity contribution in [2.24, 2.45) is 28.9 Å². The first-order valence-corrected chi connectivity index (χ1v) is 4.86. The maximum atomic E-state index is 5.74. The minimum absolute atomic E-state index is 0.627. The second-order valence-electron chi connectivity index (χ2n) is 4.93. The molecule has 1 heteroatoms. The van der Waals surface area contributed by atoms with Gasteiger partial charge in [0, 0.05) is 0 Å². The highest BCUT2D eigenvalue weighted by Gasteiger charge is 2.53. The Balaban J connectivity index is 2.10. The Morgan fingerprint density at radius 1 is 1.36 bits per heavy atom. The van der Waals surface area contributed by atoms with E-state index in [-0.39, 0.29) is 0 Å². The van der Waals surface area contributed by atoms with E-state index in [2.05, 4.69) is 13.8 Å². The Morgan fingerprint density at radius 2 is 2.09 bits per heavy atom. The molecule has 2 unspecified atom stereocenters. The van der Waals surface area contributed by atoms with E-state index in [0.717, 1.165) is 24.3 Å². The van der Waals surface area contributed by atoms with Crippen molar-refractivity contribution in [3.05, 3.63) is 0 Å². The van der Waals surface area contributed by atoms with E-state index >= 15 is 0 Å². The van der Waals surface area contributed by atoms with Gasteiger partial charge in [-0.1, -0.05) is 13.8 Å². The van der Waals surface area contributed by atoms with Crippen LogP contribution in [0, 0.1) is 23.2 Å². The molecule has 3 aliphatic carbocycles. The summed E-state index contributed by atoms with van der Waals surface area (Å²) < 4.78 is 0. The summed E-state index contributed by atoms with van der Waals surface area (Å²) in [5.41, 5.74) is 6.37. The smallest absolute Gasteiger partial charge is 0.00460 e. The van der Waals surface area contributed by atoms with Crippen molar-refractivity contribution < 1.29 is 0 Å². The van der Waals surface area contributed by atoms with Gasteiger partial charge in [-0.2, -0.15) is 0 Å². The molecule has 3 saturated carbocycles. The molecule has 3 aliphatic rings. The molecule has 0 aromatic carbocycles. The summed E-state index contributed by atoms with van der Waals surface area (Å²) in [5, 5.41) is 0. The van der Waals surface area contributed by atoms with E-state index in [0.29, 0.717) is 5.41 Å². The molecule has 3 fully saturated rings. The fourth-order valence-electron chi connectivity index (χ4n) is 3.24. The Labute approximate surface area is 69.4 Å². The minimum Gasteiger partial charge on any atom is -0.330 e. The van der Waals surface area contributed by atoms with Crippen LogP contribution in [-0.2, 0) is 0 Å². The molecule has 0 heterocycles. The first kappa shape index (κ1) is 7.60. The lowest BCUT2D eigenvalue weighted by Gasteiger charge is -2.60. The monoisotopic (exact) mass is 153 g/mol. The summed E-state index contributed by atoms with van der Waals surface area (Å²) in [6.07, 6.45) is 4.30. The van der Waals surface area contributed by atoms with Crippen LogP contribution < -0.4 is 5.73 Å². The van der Waals surface area contributed by atoms with Gasteiger partial charge in [-0.3, -0.25) is 0 Å². The predicted octanol–water partition coefficient (Wildman–Crippen LogP) is 2.02. The normalized spacial score (nSPS) is 46.6. The van der Waals surface area contributed by atoms with Crippen molar-refractivity contribution in [1.82, 2.24) is 0 Å². The molecule has 2 bridgehead atoms. The number of hydrogen-bond donors (Lipinski definition) is 1. The predicted molar refractivity (Wildman–Crippen MR) is 47.2 cm³/mol. The molecule has 0 spiro atoms. The quantitative estimate of drug-likeness (QED) is 0.612. The van der Waals surface area contributed by atoms with Gasteiger partial charge >= 0.3 is 0 Å². The topological polar surface area (TPSA) is 26.0 Å². The molecule has 0 saturated heterocycles. The van der Waals surface area contributed by atoms with Crippen molar-refractivity contribution in [1.29, 1.82) is 0 Å². The average Bonchev–Trinajstić information content (AvgIpc) is 2.04. The highest BCUT2D eigenvalue weighted by atomic mass is 14.6. The zero-order chi connectivity index (χ0) is 8.06. The van der Waals surface area contributed by atoms with Gasteiger partial charge in [0.15, 0.2) is 0 Å². The first-order valence-electron chi connectivity index (χ1n) is 4.86. The van der Waals surface area contributed by atoms with Crippen LogP contribution in [0.2, 0.25) is 0 Å². The van der Waals surface area contributed by atoms with E-state index in [4.69, 9.17) is 5.73 Å². The maximum Gasteiger partial charge on any atom is -0.00460 e. The fourth-order valence-corrected chi connectivity index (χ4v) is 3.24. The highest BCUT2D eigenvalue weighted by Crippen LogP contribution is 2.60. The van der Waals surface area contributed by atoms with Gasteiger partial charge in [0.1, 0.15) is 0 Å². The van der Waals surface area contributed by atoms with Crippen LogP contribution in [0.25, 0.3) is 0 Å². The molecule has 3 rings (SSSR count). The standard InChI is InChI=1S/C10H19N/c1-10(2)8-4-3-7(6-11)9(10)5-8/h7-9H,3-6,11H2,1-2H3/t7-,8?,9?/m0/s1. The number of rotatable bonds is 1. The Morgan fingerprint density at radius 3 is 2.45 bits per heavy atom. The lowest BCUT2D eigenvalue weighted by molar-refractivity contribution is -0.101. The van der Waals surface area contributed by atoms with Gasteiger partial charge in [0.05, 0.1) is 0 Å². The van der Waals surface area contributed by atoms with Gasteiger partial charge in [0.25, 0.3) is 0 Å². The van der Waals surface area contributed by atoms with Crippen molar-refractivity contribution in [3.8, 4) is 0 Å². The first-order chi connectivity index (χ1) is 5.16. The second kappa shape index (κ2) is 2.22. The molecule has 0 aromatic heterocycles. The lowest BCUT2D eigenvalue weighted by atomic mass is 9.45. The summed E-state index contributed by atoms with van der Waals surface area (Å²) in [5.74, 6) is 2.82. The van der Waals surface area contributed by atoms with E-state index < -0.39 is 0 Å². The van der Waals surface area contributed by atoms with Gasteiger partial charge < -0.3 is 5.73 Å². The molecule has 0 aromatic rings. The largest absolute Gasteiger partial charge is 0.330 e. The van der Waals surface area contributed by atoms with Crippen LogP contribution >= 0.6 is 0 Å². The van der Waals surface area contributed by atoms with Crippen LogP contribution in [0.15, 0.2) is 0 Å². The van der Waals surface area contributed by atoms with E-state index in [1.165, 1.54) is 19.3 Å². The lowest BCUT2D eigenvalue weighted by Crippen LogP contribution is -2.53. The maximum absolute atomic E-state index is 5.74. The summed E-state index contributed by atoms with van der Waals surface area (Å²) in [4.78, 5) is 0. The molecule has 1 nitrogen and oxygen atoms in total. The molecular formula is C10H19N. The van der Waals surface area contributed by atoms with Crippen LogP contribution in [0.4, 0.5) is 0 Å². The number of nitrogens with two attached hydrogens (primary N) is 1. The van der Waals surface area contributed by atoms with Crippen LogP contribution in [0.3, 0.4) is 0 Å². The van der Waals surface area contributed by atoms with Gasteiger partial charge in [0.2, 0.25) is 0 Å². The SMILES string of the molecule is CC1(C)C2CC[C@@H](CN)C1C2. The molecule has 2 N–H and O–H groups in total. The van der Waals surface area contributed by atoms with Crippen molar-refractivity contribution in [3.63, 3.8) is 0 Å². The van der Waals surface area contributed by atoms with Gasteiger partial charge in [-0.15, -0.1) is 0 Å². The van der Waals surface area contributed by atoms with Crippen LogP contribution in [0.5, 0.6) is 0 Å².